The van der Waals surface area contributed by atoms with E-state index in [4.69, 9.17) is 0 Å². The number of hydrogen-bond acceptors (Lipinski definition) is 7. The molecule has 10 heteroatoms. The van der Waals surface area contributed by atoms with E-state index in [1.54, 1.807) is 0 Å². The molecule has 3 aromatic rings. The number of hydrogen-bond donors (Lipinski definition) is 0. The van der Waals surface area contributed by atoms with Crippen LogP contribution in [0.5, 0.6) is 0 Å². The molecule has 0 aliphatic heterocycles. The average Bonchev–Trinajstić information content (AvgIpc) is 2.89. The Kier molecular flexibility index (Phi) is 2.44. The van der Waals surface area contributed by atoms with E-state index in [2.05, 4.69) is 8.75 Å². The molecule has 2 heterocycles. The van der Waals surface area contributed by atoms with Crippen molar-refractivity contribution in [3.8, 4) is 0 Å². The second-order valence-electron chi connectivity index (χ2n) is 4.21. The molecular formula is C10H7N5O4S. The zero-order valence-corrected chi connectivity index (χ0v) is 11.2. The Bertz CT molecular complexity index is 999. The molecule has 3 rings (SSSR count). The lowest BCUT2D eigenvalue weighted by Crippen LogP contribution is -2.39. The predicted octanol–water partition coefficient (Wildman–Crippen LogP) is 0.150. The molecular weight excluding hydrogens is 286 g/mol. The molecule has 0 saturated carbocycles. The number of non-ortho nitro benzene ring substituents is 1. The Labute approximate surface area is 114 Å². The summed E-state index contributed by atoms with van der Waals surface area (Å²) in [6.07, 6.45) is 0. The zero-order chi connectivity index (χ0) is 14.6. The number of nitro benzene ring substituents is 1. The predicted molar refractivity (Wildman–Crippen MR) is 72.1 cm³/mol. The van der Waals surface area contributed by atoms with Gasteiger partial charge in [-0.15, -0.1) is 0 Å². The van der Waals surface area contributed by atoms with Gasteiger partial charge in [-0.05, 0) is 0 Å². The van der Waals surface area contributed by atoms with Crippen molar-refractivity contribution in [3.05, 3.63) is 36.9 Å². The van der Waals surface area contributed by atoms with E-state index >= 15 is 0 Å². The first-order chi connectivity index (χ1) is 9.43. The number of benzene rings is 1. The van der Waals surface area contributed by atoms with Crippen LogP contribution >= 0.6 is 11.7 Å². The second kappa shape index (κ2) is 3.93. The minimum atomic E-state index is -0.753. The van der Waals surface area contributed by atoms with Gasteiger partial charge in [0.05, 0.1) is 27.7 Å². The molecule has 9 nitrogen and oxygen atoms in total. The SMILES string of the molecule is Cn1c(=O)c(=O)n(C)c2c3nsnc3c([N+](=O)[O-])cc21. The van der Waals surface area contributed by atoms with E-state index in [0.29, 0.717) is 5.52 Å². The van der Waals surface area contributed by atoms with E-state index in [0.717, 1.165) is 20.9 Å². The summed E-state index contributed by atoms with van der Waals surface area (Å²) in [5.41, 5.74) is -0.735. The third-order valence-corrected chi connectivity index (χ3v) is 3.69. The van der Waals surface area contributed by atoms with Crippen molar-refractivity contribution in [2.75, 3.05) is 0 Å². The fraction of sp³-hybridized carbons (Fsp3) is 0.200. The number of nitro groups is 1. The van der Waals surface area contributed by atoms with Crippen molar-refractivity contribution in [3.63, 3.8) is 0 Å². The number of aryl methyl sites for hydroxylation is 2. The number of nitrogens with zero attached hydrogens (tertiary/aromatic N) is 5. The van der Waals surface area contributed by atoms with Crippen LogP contribution in [0.1, 0.15) is 0 Å². The third kappa shape index (κ3) is 1.42. The van der Waals surface area contributed by atoms with Crippen molar-refractivity contribution in [2.24, 2.45) is 14.1 Å². The lowest BCUT2D eigenvalue weighted by molar-refractivity contribution is -0.383. The van der Waals surface area contributed by atoms with E-state index in [9.17, 15) is 19.7 Å². The van der Waals surface area contributed by atoms with Gasteiger partial charge in [0.1, 0.15) is 5.52 Å². The topological polar surface area (TPSA) is 113 Å². The normalized spacial score (nSPS) is 11.3. The third-order valence-electron chi connectivity index (χ3n) is 3.16. The molecule has 102 valence electrons. The van der Waals surface area contributed by atoms with Crippen LogP contribution in [0.25, 0.3) is 22.1 Å². The Morgan fingerprint density at radius 3 is 2.40 bits per heavy atom. The van der Waals surface area contributed by atoms with Crippen molar-refractivity contribution < 1.29 is 4.92 Å². The molecule has 0 aliphatic carbocycles. The summed E-state index contributed by atoms with van der Waals surface area (Å²) in [6.45, 7) is 0. The Hall–Kier alpha value is -2.62. The van der Waals surface area contributed by atoms with Crippen LogP contribution in [-0.2, 0) is 14.1 Å². The van der Waals surface area contributed by atoms with Gasteiger partial charge in [-0.1, -0.05) is 0 Å². The van der Waals surface area contributed by atoms with Gasteiger partial charge in [-0.3, -0.25) is 19.7 Å². The first kappa shape index (κ1) is 12.4. The highest BCUT2D eigenvalue weighted by Crippen LogP contribution is 2.30. The van der Waals surface area contributed by atoms with Gasteiger partial charge in [0, 0.05) is 20.2 Å². The molecule has 20 heavy (non-hydrogen) atoms. The highest BCUT2D eigenvalue weighted by molar-refractivity contribution is 7.00. The summed E-state index contributed by atoms with van der Waals surface area (Å²) in [6, 6.07) is 1.24. The maximum atomic E-state index is 11.8. The largest absolute Gasteiger partial charge is 0.316 e. The molecule has 0 fully saturated rings. The smallest absolute Gasteiger partial charge is 0.305 e. The zero-order valence-electron chi connectivity index (χ0n) is 10.4. The highest BCUT2D eigenvalue weighted by atomic mass is 32.1. The molecule has 0 bridgehead atoms. The van der Waals surface area contributed by atoms with Crippen LogP contribution in [0.4, 0.5) is 5.69 Å². The molecule has 0 spiro atoms. The van der Waals surface area contributed by atoms with Gasteiger partial charge < -0.3 is 9.13 Å². The molecule has 0 radical (unpaired) electrons. The summed E-state index contributed by atoms with van der Waals surface area (Å²) in [7, 11) is 2.82. The highest BCUT2D eigenvalue weighted by Gasteiger charge is 2.22. The minimum Gasteiger partial charge on any atom is -0.305 e. The minimum absolute atomic E-state index is 0.112. The average molecular weight is 293 g/mol. The summed E-state index contributed by atoms with van der Waals surface area (Å²) < 4.78 is 10.1. The molecule has 1 aromatic carbocycles. The van der Waals surface area contributed by atoms with Gasteiger partial charge in [-0.25, -0.2) is 0 Å². The molecule has 2 aromatic heterocycles. The summed E-state index contributed by atoms with van der Waals surface area (Å²) in [5.74, 6) is 0. The van der Waals surface area contributed by atoms with Gasteiger partial charge in [0.15, 0.2) is 5.52 Å². The fourth-order valence-electron chi connectivity index (χ4n) is 2.12. The van der Waals surface area contributed by atoms with E-state index < -0.39 is 16.0 Å². The Balaban J connectivity index is 2.75. The lowest BCUT2D eigenvalue weighted by atomic mass is 10.2. The van der Waals surface area contributed by atoms with Gasteiger partial charge in [-0.2, -0.15) is 8.75 Å². The van der Waals surface area contributed by atoms with E-state index in [1.807, 2.05) is 0 Å². The standard InChI is InChI=1S/C10H7N5O4S/c1-13-5-3-4(15(18)19)6-7(12-20-11-6)8(5)14(2)10(17)9(13)16/h3H,1-2H3. The van der Waals surface area contributed by atoms with Crippen molar-refractivity contribution in [2.45, 2.75) is 0 Å². The van der Waals surface area contributed by atoms with Crippen molar-refractivity contribution in [1.82, 2.24) is 17.9 Å². The quantitative estimate of drug-likeness (QED) is 0.358. The van der Waals surface area contributed by atoms with Gasteiger partial charge >= 0.3 is 11.1 Å². The number of fused-ring (bicyclic) bond motifs is 3. The summed E-state index contributed by atoms with van der Waals surface area (Å²) in [4.78, 5) is 34.1. The first-order valence-corrected chi connectivity index (χ1v) is 6.16. The Morgan fingerprint density at radius 1 is 1.15 bits per heavy atom. The second-order valence-corrected chi connectivity index (χ2v) is 4.74. The van der Waals surface area contributed by atoms with Crippen LogP contribution in [0.3, 0.4) is 0 Å². The summed E-state index contributed by atoms with van der Waals surface area (Å²) in [5, 5.41) is 11.1. The first-order valence-electron chi connectivity index (χ1n) is 5.43. The van der Waals surface area contributed by atoms with Crippen molar-refractivity contribution in [1.29, 1.82) is 0 Å². The molecule has 0 aliphatic rings. The van der Waals surface area contributed by atoms with Crippen LogP contribution in [0, 0.1) is 10.1 Å². The number of aromatic nitrogens is 4. The lowest BCUT2D eigenvalue weighted by Gasteiger charge is -2.08. The Morgan fingerprint density at radius 2 is 1.75 bits per heavy atom. The van der Waals surface area contributed by atoms with Gasteiger partial charge in [0.2, 0.25) is 0 Å². The molecule has 0 amide bonds. The van der Waals surface area contributed by atoms with Crippen LogP contribution in [0.2, 0.25) is 0 Å². The van der Waals surface area contributed by atoms with Crippen LogP contribution in [0.15, 0.2) is 15.7 Å². The summed E-state index contributed by atoms with van der Waals surface area (Å²) >= 11 is 0.817. The molecule has 0 N–H and O–H groups in total. The van der Waals surface area contributed by atoms with E-state index in [-0.39, 0.29) is 22.2 Å². The maximum absolute atomic E-state index is 11.8. The number of rotatable bonds is 1. The van der Waals surface area contributed by atoms with Gasteiger partial charge in [0.25, 0.3) is 5.69 Å². The maximum Gasteiger partial charge on any atom is 0.316 e. The molecule has 0 unspecified atom stereocenters. The molecule has 0 atom stereocenters. The fourth-order valence-corrected chi connectivity index (χ4v) is 2.68. The van der Waals surface area contributed by atoms with E-state index in [1.165, 1.54) is 20.2 Å². The van der Waals surface area contributed by atoms with Crippen LogP contribution < -0.4 is 11.1 Å². The monoisotopic (exact) mass is 293 g/mol. The van der Waals surface area contributed by atoms with Crippen LogP contribution in [-0.4, -0.2) is 22.8 Å². The molecule has 0 saturated heterocycles. The van der Waals surface area contributed by atoms with Crippen molar-refractivity contribution >= 4 is 39.5 Å².